The molecule has 5 rings (SSSR count). The Balaban J connectivity index is 1.29. The molecule has 11 heteroatoms. The fraction of sp³-hybridized carbons (Fsp3) is 0.364. The Bertz CT molecular complexity index is 1170. The van der Waals surface area contributed by atoms with Gasteiger partial charge in [-0.3, -0.25) is 20.4 Å². The summed E-state index contributed by atoms with van der Waals surface area (Å²) in [6.07, 6.45) is 3.45. The zero-order valence-electron chi connectivity index (χ0n) is 17.8. The van der Waals surface area contributed by atoms with Gasteiger partial charge in [0, 0.05) is 29.7 Å². The molecule has 0 saturated carbocycles. The number of ether oxygens (including phenoxy) is 1. The predicted octanol–water partition coefficient (Wildman–Crippen LogP) is 2.26. The molecule has 1 fully saturated rings. The van der Waals surface area contributed by atoms with Gasteiger partial charge in [0.05, 0.1) is 18.9 Å². The van der Waals surface area contributed by atoms with Gasteiger partial charge in [-0.05, 0) is 49.9 Å². The molecular formula is C22H23FN6O3S. The summed E-state index contributed by atoms with van der Waals surface area (Å²) in [4.78, 5) is 31.9. The maximum atomic E-state index is 13.4. The third-order valence-corrected chi connectivity index (χ3v) is 6.66. The molecule has 0 bridgehead atoms. The topological polar surface area (TPSA) is 101 Å². The summed E-state index contributed by atoms with van der Waals surface area (Å²) in [5, 5.41) is 6.92. The number of anilines is 1. The number of morpholine rings is 1. The van der Waals surface area contributed by atoms with E-state index in [4.69, 9.17) is 4.74 Å². The van der Waals surface area contributed by atoms with Crippen molar-refractivity contribution < 1.29 is 18.7 Å². The Labute approximate surface area is 193 Å². The monoisotopic (exact) mass is 470 g/mol. The molecule has 2 aliphatic rings. The van der Waals surface area contributed by atoms with Crippen molar-refractivity contribution in [3.05, 3.63) is 58.1 Å². The largest absolute Gasteiger partial charge is 0.378 e. The number of fused-ring (bicyclic) bond motifs is 1. The van der Waals surface area contributed by atoms with Crippen LogP contribution in [0.15, 0.2) is 29.6 Å². The molecule has 1 aliphatic carbocycles. The first kappa shape index (κ1) is 21.5. The Morgan fingerprint density at radius 3 is 2.55 bits per heavy atom. The maximum Gasteiger partial charge on any atom is 0.290 e. The van der Waals surface area contributed by atoms with Crippen molar-refractivity contribution in [1.82, 2.24) is 25.6 Å². The summed E-state index contributed by atoms with van der Waals surface area (Å²) in [5.41, 5.74) is 7.90. The smallest absolute Gasteiger partial charge is 0.290 e. The predicted molar refractivity (Wildman–Crippen MR) is 120 cm³/mol. The van der Waals surface area contributed by atoms with Gasteiger partial charge in [0.15, 0.2) is 10.8 Å². The van der Waals surface area contributed by atoms with Gasteiger partial charge in [0.25, 0.3) is 11.8 Å². The molecule has 2 amide bonds. The standard InChI is InChI=1S/C22H23FN6O3S/c23-14-5-7-15(8-6-14)29-18-4-2-1-3-16(18)19(27-29)21(31)26-25-20(30)17-13-33-22(24-17)28-9-11-32-12-10-28/h5-8,13H,1-4,9-12H2,(H,25,30)(H,26,31). The highest BCUT2D eigenvalue weighted by Gasteiger charge is 2.26. The zero-order chi connectivity index (χ0) is 22.8. The highest BCUT2D eigenvalue weighted by atomic mass is 32.1. The van der Waals surface area contributed by atoms with E-state index in [0.29, 0.717) is 18.9 Å². The summed E-state index contributed by atoms with van der Waals surface area (Å²) < 4.78 is 20.4. The van der Waals surface area contributed by atoms with Crippen LogP contribution in [-0.2, 0) is 17.6 Å². The van der Waals surface area contributed by atoms with E-state index < -0.39 is 11.8 Å². The minimum absolute atomic E-state index is 0.237. The first-order valence-corrected chi connectivity index (χ1v) is 11.7. The maximum absolute atomic E-state index is 13.4. The van der Waals surface area contributed by atoms with Crippen molar-refractivity contribution in [3.63, 3.8) is 0 Å². The van der Waals surface area contributed by atoms with Crippen LogP contribution < -0.4 is 15.8 Å². The molecule has 3 aromatic rings. The molecule has 172 valence electrons. The van der Waals surface area contributed by atoms with Gasteiger partial charge in [0.1, 0.15) is 11.5 Å². The molecular weight excluding hydrogens is 447 g/mol. The van der Waals surface area contributed by atoms with Crippen molar-refractivity contribution in [1.29, 1.82) is 0 Å². The van der Waals surface area contributed by atoms with Crippen molar-refractivity contribution in [2.24, 2.45) is 0 Å². The molecule has 33 heavy (non-hydrogen) atoms. The third kappa shape index (κ3) is 4.46. The van der Waals surface area contributed by atoms with E-state index in [-0.39, 0.29) is 17.2 Å². The van der Waals surface area contributed by atoms with Gasteiger partial charge >= 0.3 is 0 Å². The minimum atomic E-state index is -0.494. The lowest BCUT2D eigenvalue weighted by molar-refractivity contribution is 0.0841. The SMILES string of the molecule is O=C(NNC(=O)c1nn(-c2ccc(F)cc2)c2c1CCCC2)c1csc(N2CCOCC2)n1. The third-order valence-electron chi connectivity index (χ3n) is 5.76. The van der Waals surface area contributed by atoms with Crippen LogP contribution in [0, 0.1) is 5.82 Å². The van der Waals surface area contributed by atoms with E-state index >= 15 is 0 Å². The number of nitrogens with zero attached hydrogens (tertiary/aromatic N) is 4. The number of carbonyl (C=O) groups excluding carboxylic acids is 2. The number of rotatable bonds is 4. The molecule has 1 saturated heterocycles. The molecule has 0 spiro atoms. The lowest BCUT2D eigenvalue weighted by Crippen LogP contribution is -2.42. The molecule has 1 aromatic carbocycles. The second-order valence-corrected chi connectivity index (χ2v) is 8.73. The van der Waals surface area contributed by atoms with E-state index in [1.54, 1.807) is 22.2 Å². The normalized spacial score (nSPS) is 15.7. The molecule has 2 N–H and O–H groups in total. The average molecular weight is 471 g/mol. The number of benzene rings is 1. The van der Waals surface area contributed by atoms with Crippen molar-refractivity contribution in [2.45, 2.75) is 25.7 Å². The second-order valence-electron chi connectivity index (χ2n) is 7.89. The lowest BCUT2D eigenvalue weighted by atomic mass is 9.95. The minimum Gasteiger partial charge on any atom is -0.378 e. The number of hydrogen-bond donors (Lipinski definition) is 2. The van der Waals surface area contributed by atoms with E-state index in [2.05, 4.69) is 25.8 Å². The number of halogens is 1. The Hall–Kier alpha value is -3.31. The van der Waals surface area contributed by atoms with Crippen LogP contribution in [0.5, 0.6) is 0 Å². The number of amides is 2. The summed E-state index contributed by atoms with van der Waals surface area (Å²) >= 11 is 1.38. The van der Waals surface area contributed by atoms with Crippen molar-refractivity contribution in [2.75, 3.05) is 31.2 Å². The first-order valence-electron chi connectivity index (χ1n) is 10.9. The molecule has 0 unspecified atom stereocenters. The van der Waals surface area contributed by atoms with Crippen LogP contribution in [0.4, 0.5) is 9.52 Å². The molecule has 2 aromatic heterocycles. The fourth-order valence-corrected chi connectivity index (χ4v) is 4.94. The highest BCUT2D eigenvalue weighted by Crippen LogP contribution is 2.27. The van der Waals surface area contributed by atoms with Gasteiger partial charge in [-0.2, -0.15) is 5.10 Å². The van der Waals surface area contributed by atoms with Crippen LogP contribution in [0.25, 0.3) is 5.69 Å². The average Bonchev–Trinajstić information content (AvgIpc) is 3.49. The van der Waals surface area contributed by atoms with Gasteiger partial charge in [0.2, 0.25) is 0 Å². The molecule has 0 atom stereocenters. The quantitative estimate of drug-likeness (QED) is 0.568. The van der Waals surface area contributed by atoms with Crippen LogP contribution in [-0.4, -0.2) is 52.9 Å². The zero-order valence-corrected chi connectivity index (χ0v) is 18.7. The molecule has 3 heterocycles. The summed E-state index contributed by atoms with van der Waals surface area (Å²) in [6.45, 7) is 2.72. The molecule has 9 nitrogen and oxygen atoms in total. The first-order chi connectivity index (χ1) is 16.1. The van der Waals surface area contributed by atoms with Gasteiger partial charge in [-0.25, -0.2) is 14.1 Å². The Morgan fingerprint density at radius 1 is 1.03 bits per heavy atom. The van der Waals surface area contributed by atoms with Crippen molar-refractivity contribution in [3.8, 4) is 5.69 Å². The number of aromatic nitrogens is 3. The van der Waals surface area contributed by atoms with Gasteiger partial charge < -0.3 is 9.64 Å². The Morgan fingerprint density at radius 2 is 1.76 bits per heavy atom. The molecule has 1 aliphatic heterocycles. The number of nitrogens with one attached hydrogen (secondary N) is 2. The Kier molecular flexibility index (Phi) is 6.05. The van der Waals surface area contributed by atoms with E-state index in [9.17, 15) is 14.0 Å². The van der Waals surface area contributed by atoms with Crippen LogP contribution >= 0.6 is 11.3 Å². The van der Waals surface area contributed by atoms with Crippen LogP contribution in [0.2, 0.25) is 0 Å². The summed E-state index contributed by atoms with van der Waals surface area (Å²) in [5.74, 6) is -1.32. The second kappa shape index (κ2) is 9.28. The van der Waals surface area contributed by atoms with Gasteiger partial charge in [-0.1, -0.05) is 0 Å². The highest BCUT2D eigenvalue weighted by molar-refractivity contribution is 7.13. The van der Waals surface area contributed by atoms with Crippen molar-refractivity contribution >= 4 is 28.3 Å². The summed E-state index contributed by atoms with van der Waals surface area (Å²) in [6, 6.07) is 6.00. The molecule has 0 radical (unpaired) electrons. The number of hydrazine groups is 1. The lowest BCUT2D eigenvalue weighted by Gasteiger charge is -2.25. The van der Waals surface area contributed by atoms with E-state index in [1.165, 1.54) is 23.5 Å². The fourth-order valence-electron chi connectivity index (χ4n) is 4.08. The summed E-state index contributed by atoms with van der Waals surface area (Å²) in [7, 11) is 0. The van der Waals surface area contributed by atoms with Crippen LogP contribution in [0.3, 0.4) is 0 Å². The number of carbonyl (C=O) groups is 2. The van der Waals surface area contributed by atoms with Crippen LogP contribution in [0.1, 0.15) is 45.1 Å². The van der Waals surface area contributed by atoms with E-state index in [1.807, 2.05) is 0 Å². The number of thiazole rings is 1. The number of hydrogen-bond acceptors (Lipinski definition) is 7. The van der Waals surface area contributed by atoms with E-state index in [0.717, 1.165) is 55.2 Å². The van der Waals surface area contributed by atoms with Gasteiger partial charge in [-0.15, -0.1) is 11.3 Å².